The first-order valence-corrected chi connectivity index (χ1v) is 17.6. The summed E-state index contributed by atoms with van der Waals surface area (Å²) in [6, 6.07) is 16.0. The van der Waals surface area contributed by atoms with Gasteiger partial charge in [-0.1, -0.05) is 130 Å². The van der Waals surface area contributed by atoms with E-state index < -0.39 is 0 Å². The van der Waals surface area contributed by atoms with Crippen molar-refractivity contribution in [2.24, 2.45) is 0 Å². The number of nitrogens with zero attached hydrogens (tertiary/aromatic N) is 2. The molecule has 1 saturated heterocycles. The van der Waals surface area contributed by atoms with E-state index in [1.54, 1.807) is 0 Å². The molecular weight excluding hydrogens is 616 g/mol. The highest BCUT2D eigenvalue weighted by atomic mass is 79.9. The lowest BCUT2D eigenvalue weighted by Crippen LogP contribution is -2.31. The van der Waals surface area contributed by atoms with Gasteiger partial charge in [-0.2, -0.15) is 0 Å². The molecule has 3 aliphatic heterocycles. The summed E-state index contributed by atoms with van der Waals surface area (Å²) in [5, 5.41) is 0. The lowest BCUT2D eigenvalue weighted by atomic mass is 10.0. The Bertz CT molecular complexity index is 1340. The summed E-state index contributed by atoms with van der Waals surface area (Å²) in [5.41, 5.74) is 5.31. The molecule has 0 N–H and O–H groups in total. The number of benzene rings is 2. The van der Waals surface area contributed by atoms with Gasteiger partial charge in [-0.15, -0.1) is 0 Å². The molecule has 0 saturated carbocycles. The molecule has 0 radical (unpaired) electrons. The summed E-state index contributed by atoms with van der Waals surface area (Å²) in [5.74, 6) is -0.126. The summed E-state index contributed by atoms with van der Waals surface area (Å²) < 4.78 is 12.4. The standard InChI is InChI=1S/C37H47BrN2O4/c1-3-5-7-9-11-13-23-39-33(27-15-17-29(18-16-27)37-43-25-26-44-37)31-32(36(39)42)34(28-19-21-30(38)22-20-28)40(35(31)41)24-14-12-10-8-6-4-2/h15-22,37H,3-14,23-26H2,1-2H3. The van der Waals surface area contributed by atoms with Crippen molar-refractivity contribution in [3.8, 4) is 0 Å². The molecule has 0 aliphatic carbocycles. The van der Waals surface area contributed by atoms with Gasteiger partial charge in [-0.25, -0.2) is 0 Å². The van der Waals surface area contributed by atoms with Gasteiger partial charge < -0.3 is 19.3 Å². The smallest absolute Gasteiger partial charge is 0.261 e. The lowest BCUT2D eigenvalue weighted by Gasteiger charge is -2.25. The number of unbranched alkanes of at least 4 members (excludes halogenated alkanes) is 10. The number of hydrogen-bond acceptors (Lipinski definition) is 4. The minimum absolute atomic E-state index is 0.0631. The molecular formula is C37H47BrN2O4. The van der Waals surface area contributed by atoms with E-state index in [2.05, 4.69) is 29.8 Å². The molecule has 0 atom stereocenters. The fourth-order valence-electron chi connectivity index (χ4n) is 6.48. The first-order valence-electron chi connectivity index (χ1n) is 16.8. The third kappa shape index (κ3) is 7.38. The molecule has 0 unspecified atom stereocenters. The molecule has 236 valence electrons. The van der Waals surface area contributed by atoms with Gasteiger partial charge in [-0.05, 0) is 36.1 Å². The largest absolute Gasteiger partial charge is 0.346 e. The van der Waals surface area contributed by atoms with Crippen LogP contribution in [-0.2, 0) is 19.1 Å². The fraction of sp³-hybridized carbons (Fsp3) is 0.514. The SMILES string of the molecule is CCCCCCCCN1C(=O)C2=C(c3ccc(C4OCCO4)cc3)N(CCCCCCCC)C(=O)C2=C1c1ccc(Br)cc1. The van der Waals surface area contributed by atoms with Crippen LogP contribution < -0.4 is 0 Å². The van der Waals surface area contributed by atoms with E-state index in [4.69, 9.17) is 9.47 Å². The van der Waals surface area contributed by atoms with Gasteiger partial charge in [0, 0.05) is 23.1 Å². The molecule has 2 amide bonds. The minimum Gasteiger partial charge on any atom is -0.346 e. The van der Waals surface area contributed by atoms with E-state index in [1.165, 1.54) is 44.9 Å². The second-order valence-electron chi connectivity index (χ2n) is 12.1. The molecule has 1 fully saturated rings. The summed E-state index contributed by atoms with van der Waals surface area (Å²) >= 11 is 3.55. The average Bonchev–Trinajstić information content (AvgIpc) is 3.74. The number of carbonyl (C=O) groups excluding carboxylic acids is 2. The number of hydrogen-bond donors (Lipinski definition) is 0. The number of halogens is 1. The van der Waals surface area contributed by atoms with Crippen LogP contribution in [-0.4, -0.2) is 47.9 Å². The number of fused-ring (bicyclic) bond motifs is 1. The lowest BCUT2D eigenvalue weighted by molar-refractivity contribution is -0.124. The van der Waals surface area contributed by atoms with Crippen LogP contribution in [0.1, 0.15) is 114 Å². The van der Waals surface area contributed by atoms with Crippen LogP contribution in [0.5, 0.6) is 0 Å². The Morgan fingerprint density at radius 2 is 1.02 bits per heavy atom. The van der Waals surface area contributed by atoms with Gasteiger partial charge in [0.15, 0.2) is 6.29 Å². The normalized spacial score (nSPS) is 17.2. The van der Waals surface area contributed by atoms with Crippen molar-refractivity contribution < 1.29 is 19.1 Å². The highest BCUT2D eigenvalue weighted by Gasteiger charge is 2.48. The van der Waals surface area contributed by atoms with Crippen LogP contribution >= 0.6 is 15.9 Å². The maximum absolute atomic E-state index is 14.4. The van der Waals surface area contributed by atoms with Crippen molar-refractivity contribution in [1.29, 1.82) is 0 Å². The van der Waals surface area contributed by atoms with Gasteiger partial charge in [0.05, 0.1) is 35.8 Å². The Hall–Kier alpha value is -2.74. The number of rotatable bonds is 17. The number of carbonyl (C=O) groups is 2. The highest BCUT2D eigenvalue weighted by Crippen LogP contribution is 2.47. The van der Waals surface area contributed by atoms with E-state index in [0.29, 0.717) is 37.4 Å². The van der Waals surface area contributed by atoms with E-state index in [9.17, 15) is 9.59 Å². The third-order valence-corrected chi connectivity index (χ3v) is 9.38. The molecule has 7 heteroatoms. The molecule has 0 aromatic heterocycles. The molecule has 6 nitrogen and oxygen atoms in total. The first kappa shape index (κ1) is 32.6. The third-order valence-electron chi connectivity index (χ3n) is 8.85. The van der Waals surface area contributed by atoms with Crippen LogP contribution in [0.3, 0.4) is 0 Å². The van der Waals surface area contributed by atoms with Crippen LogP contribution in [0.4, 0.5) is 0 Å². The predicted octanol–water partition coefficient (Wildman–Crippen LogP) is 9.02. The van der Waals surface area contributed by atoms with Crippen LogP contribution in [0.2, 0.25) is 0 Å². The zero-order chi connectivity index (χ0) is 30.9. The summed E-state index contributed by atoms with van der Waals surface area (Å²) in [6.45, 7) is 6.81. The molecule has 0 bridgehead atoms. The predicted molar refractivity (Wildman–Crippen MR) is 179 cm³/mol. The Balaban J connectivity index is 1.50. The Morgan fingerprint density at radius 3 is 1.48 bits per heavy atom. The van der Waals surface area contributed by atoms with Crippen molar-refractivity contribution in [2.45, 2.75) is 97.2 Å². The molecule has 5 rings (SSSR count). The summed E-state index contributed by atoms with van der Waals surface area (Å²) in [4.78, 5) is 32.6. The van der Waals surface area contributed by atoms with Crippen LogP contribution in [0.15, 0.2) is 64.1 Å². The maximum atomic E-state index is 14.4. The monoisotopic (exact) mass is 662 g/mol. The van der Waals surface area contributed by atoms with Gasteiger partial charge in [-0.3, -0.25) is 9.59 Å². The molecule has 2 aromatic rings. The summed E-state index contributed by atoms with van der Waals surface area (Å²) in [6.07, 6.45) is 13.3. The summed E-state index contributed by atoms with van der Waals surface area (Å²) in [7, 11) is 0. The molecule has 0 spiro atoms. The Labute approximate surface area is 271 Å². The Morgan fingerprint density at radius 1 is 0.614 bits per heavy atom. The Kier molecular flexibility index (Phi) is 11.9. The average molecular weight is 664 g/mol. The van der Waals surface area contributed by atoms with Crippen LogP contribution in [0, 0.1) is 0 Å². The maximum Gasteiger partial charge on any atom is 0.261 e. The van der Waals surface area contributed by atoms with E-state index in [0.717, 1.165) is 64.7 Å². The molecule has 2 aromatic carbocycles. The molecule has 3 aliphatic rings. The highest BCUT2D eigenvalue weighted by molar-refractivity contribution is 9.10. The quantitative estimate of drug-likeness (QED) is 0.159. The van der Waals surface area contributed by atoms with Crippen molar-refractivity contribution in [3.63, 3.8) is 0 Å². The van der Waals surface area contributed by atoms with Crippen molar-refractivity contribution in [2.75, 3.05) is 26.3 Å². The van der Waals surface area contributed by atoms with Gasteiger partial charge in [0.25, 0.3) is 11.8 Å². The number of amides is 2. The van der Waals surface area contributed by atoms with Crippen molar-refractivity contribution in [1.82, 2.24) is 9.80 Å². The van der Waals surface area contributed by atoms with Crippen molar-refractivity contribution in [3.05, 3.63) is 80.8 Å². The second-order valence-corrected chi connectivity index (χ2v) is 13.0. The fourth-order valence-corrected chi connectivity index (χ4v) is 6.74. The first-order chi connectivity index (χ1) is 21.5. The molecule has 44 heavy (non-hydrogen) atoms. The molecule has 3 heterocycles. The zero-order valence-corrected chi connectivity index (χ0v) is 28.0. The van der Waals surface area contributed by atoms with Gasteiger partial charge >= 0.3 is 0 Å². The second kappa shape index (κ2) is 16.0. The topological polar surface area (TPSA) is 59.1 Å². The van der Waals surface area contributed by atoms with Crippen molar-refractivity contribution >= 4 is 39.1 Å². The van der Waals surface area contributed by atoms with Gasteiger partial charge in [0.1, 0.15) is 0 Å². The zero-order valence-electron chi connectivity index (χ0n) is 26.4. The van der Waals surface area contributed by atoms with E-state index in [-0.39, 0.29) is 18.1 Å². The minimum atomic E-state index is -0.369. The number of ether oxygens (including phenoxy) is 2. The van der Waals surface area contributed by atoms with E-state index in [1.807, 2.05) is 58.3 Å². The van der Waals surface area contributed by atoms with Crippen LogP contribution in [0.25, 0.3) is 11.4 Å². The van der Waals surface area contributed by atoms with Gasteiger partial charge in [0.2, 0.25) is 0 Å². The van der Waals surface area contributed by atoms with E-state index >= 15 is 0 Å².